The van der Waals surface area contributed by atoms with E-state index < -0.39 is 23.6 Å². The molecule has 0 aliphatic carbocycles. The SMILES string of the molecule is CC(=O)C(C=N)C(=N)C(F)(F)F. The second-order valence-corrected chi connectivity index (χ2v) is 2.17. The van der Waals surface area contributed by atoms with Gasteiger partial charge >= 0.3 is 6.18 Å². The molecule has 68 valence electrons. The monoisotopic (exact) mass is 180 g/mol. The highest BCUT2D eigenvalue weighted by Crippen LogP contribution is 2.20. The fourth-order valence-corrected chi connectivity index (χ4v) is 0.580. The fraction of sp³-hybridized carbons (Fsp3) is 0.500. The predicted octanol–water partition coefficient (Wildman–Crippen LogP) is 1.42. The third-order valence-electron chi connectivity index (χ3n) is 1.22. The Labute approximate surface area is 66.6 Å². The minimum atomic E-state index is -4.83. The highest BCUT2D eigenvalue weighted by Gasteiger charge is 2.40. The molecule has 0 aromatic rings. The molecule has 0 saturated heterocycles. The van der Waals surface area contributed by atoms with Crippen LogP contribution in [-0.4, -0.2) is 23.9 Å². The van der Waals surface area contributed by atoms with E-state index in [1.807, 2.05) is 0 Å². The molecule has 0 bridgehead atoms. The lowest BCUT2D eigenvalue weighted by molar-refractivity contribution is -0.118. The number of carbonyl (C=O) groups is 1. The fourth-order valence-electron chi connectivity index (χ4n) is 0.580. The average Bonchev–Trinajstić information content (AvgIpc) is 1.86. The van der Waals surface area contributed by atoms with Crippen molar-refractivity contribution in [3.8, 4) is 0 Å². The predicted molar refractivity (Wildman–Crippen MR) is 36.7 cm³/mol. The summed E-state index contributed by atoms with van der Waals surface area (Å²) in [4.78, 5) is 10.5. The maximum atomic E-state index is 11.8. The summed E-state index contributed by atoms with van der Waals surface area (Å²) in [7, 11) is 0. The summed E-state index contributed by atoms with van der Waals surface area (Å²) in [6.45, 7) is 0.913. The lowest BCUT2D eigenvalue weighted by Gasteiger charge is -2.12. The number of alkyl halides is 3. The minimum absolute atomic E-state index is 0.318. The second kappa shape index (κ2) is 3.46. The largest absolute Gasteiger partial charge is 0.429 e. The molecule has 0 aliphatic rings. The number of Topliss-reactive ketones (excluding diaryl/α,β-unsaturated/α-hetero) is 1. The first-order valence-corrected chi connectivity index (χ1v) is 2.97. The molecule has 0 aromatic heterocycles. The molecule has 2 N–H and O–H groups in total. The van der Waals surface area contributed by atoms with Crippen LogP contribution in [0.25, 0.3) is 0 Å². The van der Waals surface area contributed by atoms with Gasteiger partial charge in [0.2, 0.25) is 0 Å². The summed E-state index contributed by atoms with van der Waals surface area (Å²) in [5.74, 6) is -2.61. The van der Waals surface area contributed by atoms with Crippen molar-refractivity contribution in [3.05, 3.63) is 0 Å². The Morgan fingerprint density at radius 1 is 1.50 bits per heavy atom. The number of hydrogen-bond donors (Lipinski definition) is 2. The van der Waals surface area contributed by atoms with E-state index in [-0.39, 0.29) is 0 Å². The molecule has 6 heteroatoms. The summed E-state index contributed by atoms with van der Waals surface area (Å²) in [5.41, 5.74) is -1.69. The van der Waals surface area contributed by atoms with Crippen LogP contribution in [0, 0.1) is 16.7 Å². The molecule has 0 heterocycles. The van der Waals surface area contributed by atoms with E-state index in [1.165, 1.54) is 0 Å². The van der Waals surface area contributed by atoms with Crippen molar-refractivity contribution in [2.45, 2.75) is 13.1 Å². The zero-order chi connectivity index (χ0) is 9.94. The van der Waals surface area contributed by atoms with E-state index in [1.54, 1.807) is 0 Å². The van der Waals surface area contributed by atoms with E-state index in [2.05, 4.69) is 0 Å². The Bertz CT molecular complexity index is 221. The zero-order valence-corrected chi connectivity index (χ0v) is 6.20. The molecule has 12 heavy (non-hydrogen) atoms. The molecule has 1 unspecified atom stereocenters. The zero-order valence-electron chi connectivity index (χ0n) is 6.20. The molecule has 0 amide bonds. The third kappa shape index (κ3) is 2.44. The number of carbonyl (C=O) groups excluding carboxylic acids is 1. The molecular formula is C6H7F3N2O. The summed E-state index contributed by atoms with van der Waals surface area (Å²) in [6, 6.07) is 0. The molecule has 0 aliphatic heterocycles. The van der Waals surface area contributed by atoms with Gasteiger partial charge in [-0.3, -0.25) is 10.2 Å². The van der Waals surface area contributed by atoms with Gasteiger partial charge in [0.05, 0.1) is 5.92 Å². The molecule has 0 fully saturated rings. The van der Waals surface area contributed by atoms with Gasteiger partial charge in [-0.1, -0.05) is 0 Å². The van der Waals surface area contributed by atoms with E-state index in [9.17, 15) is 18.0 Å². The van der Waals surface area contributed by atoms with Gasteiger partial charge in [-0.15, -0.1) is 0 Å². The summed E-state index contributed by atoms with van der Waals surface area (Å²) in [5, 5.41) is 13.0. The number of ketones is 1. The van der Waals surface area contributed by atoms with Crippen LogP contribution in [0.2, 0.25) is 0 Å². The van der Waals surface area contributed by atoms with Crippen molar-refractivity contribution < 1.29 is 18.0 Å². The van der Waals surface area contributed by atoms with E-state index >= 15 is 0 Å². The lowest BCUT2D eigenvalue weighted by atomic mass is 10.0. The maximum Gasteiger partial charge on any atom is 0.429 e. The Balaban J connectivity index is 4.66. The maximum absolute atomic E-state index is 11.8. The first-order chi connectivity index (χ1) is 5.30. The second-order valence-electron chi connectivity index (χ2n) is 2.17. The van der Waals surface area contributed by atoms with Gasteiger partial charge in [0.25, 0.3) is 0 Å². The summed E-state index contributed by atoms with van der Waals surface area (Å²) < 4.78 is 35.3. The van der Waals surface area contributed by atoms with Crippen LogP contribution >= 0.6 is 0 Å². The van der Waals surface area contributed by atoms with Gasteiger partial charge in [-0.2, -0.15) is 13.2 Å². The summed E-state index contributed by atoms with van der Waals surface area (Å²) in [6.07, 6.45) is -4.51. The molecule has 0 rings (SSSR count). The number of hydrogen-bond acceptors (Lipinski definition) is 3. The van der Waals surface area contributed by atoms with Gasteiger partial charge < -0.3 is 5.41 Å². The van der Waals surface area contributed by atoms with Crippen LogP contribution in [0.4, 0.5) is 13.2 Å². The van der Waals surface area contributed by atoms with Crippen LogP contribution in [-0.2, 0) is 4.79 Å². The van der Waals surface area contributed by atoms with E-state index in [0.29, 0.717) is 6.21 Å². The van der Waals surface area contributed by atoms with Crippen molar-refractivity contribution in [2.75, 3.05) is 0 Å². The Morgan fingerprint density at radius 2 is 1.92 bits per heavy atom. The quantitative estimate of drug-likeness (QED) is 0.634. The highest BCUT2D eigenvalue weighted by molar-refractivity contribution is 6.15. The van der Waals surface area contributed by atoms with Gasteiger partial charge in [0.15, 0.2) is 0 Å². The van der Waals surface area contributed by atoms with Gasteiger partial charge in [-0.05, 0) is 6.92 Å². The van der Waals surface area contributed by atoms with Crippen LogP contribution in [0.3, 0.4) is 0 Å². The van der Waals surface area contributed by atoms with Gasteiger partial charge in [0.1, 0.15) is 11.5 Å². The molecular weight excluding hydrogens is 173 g/mol. The molecule has 1 atom stereocenters. The molecule has 0 aromatic carbocycles. The van der Waals surface area contributed by atoms with Crippen molar-refractivity contribution in [3.63, 3.8) is 0 Å². The number of rotatable bonds is 3. The van der Waals surface area contributed by atoms with Crippen molar-refractivity contribution in [1.29, 1.82) is 10.8 Å². The molecule has 0 saturated carbocycles. The highest BCUT2D eigenvalue weighted by atomic mass is 19.4. The topological polar surface area (TPSA) is 64.8 Å². The number of halogens is 3. The van der Waals surface area contributed by atoms with Gasteiger partial charge in [-0.25, -0.2) is 0 Å². The number of nitrogens with one attached hydrogen (secondary N) is 2. The Kier molecular flexibility index (Phi) is 3.12. The van der Waals surface area contributed by atoms with Crippen molar-refractivity contribution in [1.82, 2.24) is 0 Å². The molecule has 0 spiro atoms. The standard InChI is InChI=1S/C6H7F3N2O/c1-3(12)4(2-10)5(11)6(7,8)9/h2,4,10-11H,1H3. The lowest BCUT2D eigenvalue weighted by Crippen LogP contribution is -2.34. The molecule has 0 radical (unpaired) electrons. The first-order valence-electron chi connectivity index (χ1n) is 2.97. The average molecular weight is 180 g/mol. The molecule has 3 nitrogen and oxygen atoms in total. The van der Waals surface area contributed by atoms with Crippen LogP contribution in [0.15, 0.2) is 0 Å². The van der Waals surface area contributed by atoms with Crippen LogP contribution in [0.1, 0.15) is 6.92 Å². The van der Waals surface area contributed by atoms with Crippen molar-refractivity contribution in [2.24, 2.45) is 5.92 Å². The first kappa shape index (κ1) is 10.8. The third-order valence-corrected chi connectivity index (χ3v) is 1.22. The Hall–Kier alpha value is -1.20. The van der Waals surface area contributed by atoms with Crippen LogP contribution in [0.5, 0.6) is 0 Å². The normalized spacial score (nSPS) is 13.7. The smallest absolute Gasteiger partial charge is 0.312 e. The minimum Gasteiger partial charge on any atom is -0.312 e. The van der Waals surface area contributed by atoms with Gasteiger partial charge in [0, 0.05) is 6.21 Å². The van der Waals surface area contributed by atoms with E-state index in [4.69, 9.17) is 10.8 Å². The summed E-state index contributed by atoms with van der Waals surface area (Å²) >= 11 is 0. The van der Waals surface area contributed by atoms with Crippen molar-refractivity contribution >= 4 is 17.7 Å². The van der Waals surface area contributed by atoms with Crippen LogP contribution < -0.4 is 0 Å². The van der Waals surface area contributed by atoms with E-state index in [0.717, 1.165) is 6.92 Å². The Morgan fingerprint density at radius 3 is 2.00 bits per heavy atom.